The summed E-state index contributed by atoms with van der Waals surface area (Å²) in [4.78, 5) is 11.9. The van der Waals surface area contributed by atoms with E-state index in [2.05, 4.69) is 15.9 Å². The van der Waals surface area contributed by atoms with Crippen LogP contribution in [-0.2, 0) is 9.84 Å². The highest BCUT2D eigenvalue weighted by Gasteiger charge is 2.30. The van der Waals surface area contributed by atoms with Crippen LogP contribution in [0.1, 0.15) is 23.2 Å². The number of carbonyl (C=O) groups excluding carboxylic acids is 1. The molecule has 0 amide bonds. The van der Waals surface area contributed by atoms with Crippen LogP contribution in [0.15, 0.2) is 22.7 Å². The van der Waals surface area contributed by atoms with Crippen LogP contribution >= 0.6 is 15.9 Å². The van der Waals surface area contributed by atoms with Crippen LogP contribution in [0, 0.1) is 11.7 Å². The molecule has 18 heavy (non-hydrogen) atoms. The van der Waals surface area contributed by atoms with Gasteiger partial charge in [0.05, 0.1) is 21.5 Å². The van der Waals surface area contributed by atoms with Gasteiger partial charge < -0.3 is 0 Å². The maximum Gasteiger partial charge on any atom is 0.166 e. The smallest absolute Gasteiger partial charge is 0.166 e. The third kappa shape index (κ3) is 2.98. The molecule has 0 bridgehead atoms. The van der Waals surface area contributed by atoms with Crippen LogP contribution in [0.5, 0.6) is 0 Å². The van der Waals surface area contributed by atoms with Gasteiger partial charge in [-0.15, -0.1) is 0 Å². The lowest BCUT2D eigenvalue weighted by atomic mass is 9.97. The summed E-state index contributed by atoms with van der Waals surface area (Å²) in [7, 11) is -3.00. The minimum Gasteiger partial charge on any atom is -0.294 e. The molecule has 0 N–H and O–H groups in total. The fraction of sp³-hybridized carbons (Fsp3) is 0.417. The number of benzene rings is 1. The summed E-state index contributed by atoms with van der Waals surface area (Å²) in [5.74, 6) is -0.930. The predicted molar refractivity (Wildman–Crippen MR) is 69.8 cm³/mol. The highest BCUT2D eigenvalue weighted by Crippen LogP contribution is 2.25. The van der Waals surface area contributed by atoms with Crippen molar-refractivity contribution in [2.45, 2.75) is 12.8 Å². The van der Waals surface area contributed by atoms with Crippen LogP contribution in [0.4, 0.5) is 4.39 Å². The second-order valence-corrected chi connectivity index (χ2v) is 7.58. The first-order chi connectivity index (χ1) is 8.39. The number of hydrogen-bond donors (Lipinski definition) is 0. The molecule has 0 radical (unpaired) electrons. The SMILES string of the molecule is O=C(CC1CCS(=O)(=O)C1)c1cccc(Br)c1F. The molecule has 1 atom stereocenters. The Kier molecular flexibility index (Phi) is 3.87. The Hall–Kier alpha value is -0.750. The van der Waals surface area contributed by atoms with Crippen LogP contribution < -0.4 is 0 Å². The number of carbonyl (C=O) groups is 1. The van der Waals surface area contributed by atoms with Gasteiger partial charge in [-0.3, -0.25) is 4.79 Å². The molecule has 98 valence electrons. The molecular formula is C12H12BrFO3S. The second-order valence-electron chi connectivity index (χ2n) is 4.50. The summed E-state index contributed by atoms with van der Waals surface area (Å²) in [5, 5.41) is 0. The number of Topliss-reactive ketones (excluding diaryl/α,β-unsaturated/α-hetero) is 1. The van der Waals surface area contributed by atoms with Gasteiger partial charge in [-0.2, -0.15) is 0 Å². The van der Waals surface area contributed by atoms with Crippen molar-refractivity contribution in [3.05, 3.63) is 34.1 Å². The zero-order chi connectivity index (χ0) is 13.3. The molecule has 0 saturated carbocycles. The molecule has 6 heteroatoms. The number of rotatable bonds is 3. The molecule has 1 aliphatic heterocycles. The molecule has 0 aliphatic carbocycles. The topological polar surface area (TPSA) is 51.2 Å². The first-order valence-electron chi connectivity index (χ1n) is 5.57. The van der Waals surface area contributed by atoms with Gasteiger partial charge >= 0.3 is 0 Å². The molecule has 1 saturated heterocycles. The number of hydrogen-bond acceptors (Lipinski definition) is 3. The molecule has 0 aromatic heterocycles. The van der Waals surface area contributed by atoms with Crippen molar-refractivity contribution in [3.63, 3.8) is 0 Å². The molecule has 1 aromatic carbocycles. The quantitative estimate of drug-likeness (QED) is 0.798. The average Bonchev–Trinajstić information content (AvgIpc) is 2.62. The summed E-state index contributed by atoms with van der Waals surface area (Å²) in [6.07, 6.45) is 0.580. The van der Waals surface area contributed by atoms with Gasteiger partial charge in [0.2, 0.25) is 0 Å². The van der Waals surface area contributed by atoms with Crippen molar-refractivity contribution in [1.29, 1.82) is 0 Å². The zero-order valence-electron chi connectivity index (χ0n) is 9.53. The Labute approximate surface area is 113 Å². The van der Waals surface area contributed by atoms with Crippen molar-refractivity contribution < 1.29 is 17.6 Å². The highest BCUT2D eigenvalue weighted by molar-refractivity contribution is 9.10. The normalized spacial score (nSPS) is 22.0. The average molecular weight is 335 g/mol. The Morgan fingerprint density at radius 3 is 2.78 bits per heavy atom. The number of halogens is 2. The van der Waals surface area contributed by atoms with E-state index in [0.717, 1.165) is 0 Å². The lowest BCUT2D eigenvalue weighted by Gasteiger charge is -2.07. The molecule has 1 aromatic rings. The molecule has 1 fully saturated rings. The van der Waals surface area contributed by atoms with Crippen molar-refractivity contribution in [2.75, 3.05) is 11.5 Å². The van der Waals surface area contributed by atoms with E-state index in [1.807, 2.05) is 0 Å². The van der Waals surface area contributed by atoms with Crippen LogP contribution in [0.3, 0.4) is 0 Å². The van der Waals surface area contributed by atoms with Gasteiger partial charge in [0.1, 0.15) is 5.82 Å². The van der Waals surface area contributed by atoms with E-state index in [9.17, 15) is 17.6 Å². The Morgan fingerprint density at radius 2 is 2.17 bits per heavy atom. The van der Waals surface area contributed by atoms with Crippen LogP contribution in [-0.4, -0.2) is 25.7 Å². The summed E-state index contributed by atoms with van der Waals surface area (Å²) >= 11 is 3.02. The fourth-order valence-corrected chi connectivity index (χ4v) is 4.35. The summed E-state index contributed by atoms with van der Waals surface area (Å²) in [5.41, 5.74) is 0.0219. The van der Waals surface area contributed by atoms with Gasteiger partial charge in [0, 0.05) is 6.42 Å². The molecular weight excluding hydrogens is 323 g/mol. The third-order valence-electron chi connectivity index (χ3n) is 3.05. The summed E-state index contributed by atoms with van der Waals surface area (Å²) in [6, 6.07) is 4.53. The Balaban J connectivity index is 2.11. The molecule has 2 rings (SSSR count). The maximum absolute atomic E-state index is 13.7. The first-order valence-corrected chi connectivity index (χ1v) is 8.18. The van der Waals surface area contributed by atoms with Gasteiger partial charge in [0.15, 0.2) is 15.6 Å². The highest BCUT2D eigenvalue weighted by atomic mass is 79.9. The molecule has 1 unspecified atom stereocenters. The summed E-state index contributed by atoms with van der Waals surface area (Å²) in [6.45, 7) is 0. The van der Waals surface area contributed by atoms with Gasteiger partial charge in [-0.25, -0.2) is 12.8 Å². The van der Waals surface area contributed by atoms with E-state index in [-0.39, 0.29) is 39.7 Å². The van der Waals surface area contributed by atoms with Crippen molar-refractivity contribution in [1.82, 2.24) is 0 Å². The van der Waals surface area contributed by atoms with Gasteiger partial charge in [0.25, 0.3) is 0 Å². The maximum atomic E-state index is 13.7. The minimum atomic E-state index is -3.00. The van der Waals surface area contributed by atoms with Gasteiger partial charge in [-0.1, -0.05) is 6.07 Å². The number of ketones is 1. The van der Waals surface area contributed by atoms with E-state index in [1.54, 1.807) is 6.07 Å². The van der Waals surface area contributed by atoms with Crippen LogP contribution in [0.2, 0.25) is 0 Å². The van der Waals surface area contributed by atoms with E-state index >= 15 is 0 Å². The van der Waals surface area contributed by atoms with E-state index in [1.165, 1.54) is 12.1 Å². The first kappa shape index (κ1) is 13.7. The van der Waals surface area contributed by atoms with Crippen molar-refractivity contribution in [2.24, 2.45) is 5.92 Å². The lowest BCUT2D eigenvalue weighted by Crippen LogP contribution is -2.12. The van der Waals surface area contributed by atoms with Crippen molar-refractivity contribution in [3.8, 4) is 0 Å². The Bertz CT molecular complexity index is 583. The van der Waals surface area contributed by atoms with Crippen molar-refractivity contribution >= 4 is 31.6 Å². The number of sulfone groups is 1. The lowest BCUT2D eigenvalue weighted by molar-refractivity contribution is 0.0961. The van der Waals surface area contributed by atoms with E-state index in [4.69, 9.17) is 0 Å². The molecule has 1 aliphatic rings. The second kappa shape index (κ2) is 5.09. The summed E-state index contributed by atoms with van der Waals surface area (Å²) < 4.78 is 36.5. The minimum absolute atomic E-state index is 0.0219. The van der Waals surface area contributed by atoms with E-state index < -0.39 is 15.7 Å². The molecule has 3 nitrogen and oxygen atoms in total. The zero-order valence-corrected chi connectivity index (χ0v) is 11.9. The third-order valence-corrected chi connectivity index (χ3v) is 5.50. The fourth-order valence-electron chi connectivity index (χ4n) is 2.12. The van der Waals surface area contributed by atoms with Gasteiger partial charge in [-0.05, 0) is 40.4 Å². The Morgan fingerprint density at radius 1 is 1.44 bits per heavy atom. The largest absolute Gasteiger partial charge is 0.294 e. The van der Waals surface area contributed by atoms with E-state index in [0.29, 0.717) is 6.42 Å². The molecule has 0 spiro atoms. The van der Waals surface area contributed by atoms with Crippen LogP contribution in [0.25, 0.3) is 0 Å². The molecule has 1 heterocycles. The standard InChI is InChI=1S/C12H12BrFO3S/c13-10-3-1-2-9(12(10)14)11(15)6-8-4-5-18(16,17)7-8/h1-3,8H,4-7H2. The predicted octanol–water partition coefficient (Wildman–Crippen LogP) is 2.60. The monoisotopic (exact) mass is 334 g/mol.